The quantitative estimate of drug-likeness (QED) is 0.636. The largest absolute Gasteiger partial charge is 0.479 e. The van der Waals surface area contributed by atoms with Crippen molar-refractivity contribution in [1.29, 1.82) is 0 Å². The molecule has 114 valence electrons. The fourth-order valence-corrected chi connectivity index (χ4v) is 2.79. The summed E-state index contributed by atoms with van der Waals surface area (Å²) in [5.74, 6) is -1.18. The van der Waals surface area contributed by atoms with Crippen LogP contribution in [0.2, 0.25) is 0 Å². The fraction of sp³-hybridized carbons (Fsp3) is 0.583. The first-order chi connectivity index (χ1) is 9.97. The zero-order valence-electron chi connectivity index (χ0n) is 11.8. The molecule has 0 amide bonds. The summed E-state index contributed by atoms with van der Waals surface area (Å²) in [4.78, 5) is 31.5. The van der Waals surface area contributed by atoms with Gasteiger partial charge in [0.05, 0.1) is 12.0 Å². The fourth-order valence-electron chi connectivity index (χ4n) is 2.79. The minimum Gasteiger partial charge on any atom is -0.479 e. The maximum absolute atomic E-state index is 11.7. The van der Waals surface area contributed by atoms with Gasteiger partial charge in [-0.3, -0.25) is 10.1 Å². The van der Waals surface area contributed by atoms with Crippen molar-refractivity contribution in [3.63, 3.8) is 0 Å². The molecule has 1 aliphatic heterocycles. The minimum absolute atomic E-state index is 0.00593. The van der Waals surface area contributed by atoms with Gasteiger partial charge in [-0.2, -0.15) is 4.98 Å². The Morgan fingerprint density at radius 2 is 2.33 bits per heavy atom. The summed E-state index contributed by atoms with van der Waals surface area (Å²) in [6.45, 7) is 2.14. The summed E-state index contributed by atoms with van der Waals surface area (Å²) >= 11 is 0. The molecule has 0 aliphatic carbocycles. The molecule has 1 N–H and O–H groups in total. The van der Waals surface area contributed by atoms with Gasteiger partial charge in [0.25, 0.3) is 5.88 Å². The molecule has 9 nitrogen and oxygen atoms in total. The van der Waals surface area contributed by atoms with Gasteiger partial charge >= 0.3 is 11.7 Å². The van der Waals surface area contributed by atoms with Crippen molar-refractivity contribution in [3.05, 3.63) is 16.4 Å². The van der Waals surface area contributed by atoms with Gasteiger partial charge < -0.3 is 14.7 Å². The van der Waals surface area contributed by atoms with E-state index in [1.165, 1.54) is 12.0 Å². The Morgan fingerprint density at radius 1 is 1.62 bits per heavy atom. The molecule has 0 spiro atoms. The molecule has 1 atom stereocenters. The van der Waals surface area contributed by atoms with E-state index in [9.17, 15) is 20.0 Å². The molecule has 1 fully saturated rings. The highest BCUT2D eigenvalue weighted by Crippen LogP contribution is 2.42. The lowest BCUT2D eigenvalue weighted by atomic mass is 9.93. The third-order valence-electron chi connectivity index (χ3n) is 3.87. The summed E-state index contributed by atoms with van der Waals surface area (Å²) < 4.78 is 4.90. The van der Waals surface area contributed by atoms with Crippen molar-refractivity contribution in [2.75, 3.05) is 18.6 Å². The predicted molar refractivity (Wildman–Crippen MR) is 72.5 cm³/mol. The maximum atomic E-state index is 11.7. The summed E-state index contributed by atoms with van der Waals surface area (Å²) in [7, 11) is 1.27. The van der Waals surface area contributed by atoms with Crippen LogP contribution in [0.3, 0.4) is 0 Å². The number of hydrogen-bond donors (Lipinski definition) is 1. The van der Waals surface area contributed by atoms with Crippen molar-refractivity contribution in [2.24, 2.45) is 0 Å². The van der Waals surface area contributed by atoms with E-state index in [-0.39, 0.29) is 11.7 Å². The Balaban J connectivity index is 2.60. The molecule has 1 unspecified atom stereocenters. The SMILES string of the molecule is CCC1(C(=O)O)CCCN1c1ncnc(OC)c1[N+](=O)[O-]. The first-order valence-electron chi connectivity index (χ1n) is 6.52. The molecule has 1 aromatic rings. The van der Waals surface area contributed by atoms with Gasteiger partial charge in [-0.05, 0) is 19.3 Å². The summed E-state index contributed by atoms with van der Waals surface area (Å²) in [5, 5.41) is 20.9. The Morgan fingerprint density at radius 3 is 2.86 bits per heavy atom. The van der Waals surface area contributed by atoms with E-state index in [1.54, 1.807) is 6.92 Å². The Labute approximate surface area is 120 Å². The van der Waals surface area contributed by atoms with Crippen LogP contribution in [0, 0.1) is 10.1 Å². The van der Waals surface area contributed by atoms with E-state index in [0.717, 1.165) is 6.33 Å². The first kappa shape index (κ1) is 14.9. The van der Waals surface area contributed by atoms with Gasteiger partial charge in [0.2, 0.25) is 5.82 Å². The van der Waals surface area contributed by atoms with Crippen LogP contribution in [0.1, 0.15) is 26.2 Å². The highest BCUT2D eigenvalue weighted by atomic mass is 16.6. The number of carboxylic acid groups (broad SMARTS) is 1. The topological polar surface area (TPSA) is 119 Å². The van der Waals surface area contributed by atoms with Gasteiger partial charge in [-0.15, -0.1) is 0 Å². The van der Waals surface area contributed by atoms with E-state index in [4.69, 9.17) is 4.74 Å². The third-order valence-corrected chi connectivity index (χ3v) is 3.87. The average Bonchev–Trinajstić information content (AvgIpc) is 2.91. The Hall–Kier alpha value is -2.45. The number of aromatic nitrogens is 2. The van der Waals surface area contributed by atoms with E-state index >= 15 is 0 Å². The molecule has 2 rings (SSSR count). The van der Waals surface area contributed by atoms with Crippen LogP contribution < -0.4 is 9.64 Å². The zero-order valence-corrected chi connectivity index (χ0v) is 11.8. The van der Waals surface area contributed by atoms with E-state index in [0.29, 0.717) is 25.8 Å². The third kappa shape index (κ3) is 2.24. The van der Waals surface area contributed by atoms with Gasteiger partial charge in [0.15, 0.2) is 0 Å². The van der Waals surface area contributed by atoms with Crippen LogP contribution in [0.25, 0.3) is 0 Å². The normalized spacial score (nSPS) is 21.3. The minimum atomic E-state index is -1.18. The maximum Gasteiger partial charge on any atom is 0.372 e. The van der Waals surface area contributed by atoms with Gasteiger partial charge in [0.1, 0.15) is 11.9 Å². The van der Waals surface area contributed by atoms with E-state index in [1.807, 2.05) is 0 Å². The van der Waals surface area contributed by atoms with Crippen molar-refractivity contribution in [3.8, 4) is 5.88 Å². The van der Waals surface area contributed by atoms with Crippen LogP contribution in [-0.2, 0) is 4.79 Å². The van der Waals surface area contributed by atoms with Crippen molar-refractivity contribution < 1.29 is 19.6 Å². The number of rotatable bonds is 5. The predicted octanol–water partition coefficient (Wildman–Crippen LogP) is 1.23. The molecule has 0 aromatic carbocycles. The van der Waals surface area contributed by atoms with Crippen molar-refractivity contribution >= 4 is 17.5 Å². The van der Waals surface area contributed by atoms with E-state index in [2.05, 4.69) is 9.97 Å². The average molecular weight is 296 g/mol. The molecule has 0 bridgehead atoms. The molecule has 2 heterocycles. The molecule has 1 aromatic heterocycles. The second-order valence-electron chi connectivity index (χ2n) is 4.76. The Bertz CT molecular complexity index is 579. The summed E-state index contributed by atoms with van der Waals surface area (Å²) in [6, 6.07) is 0. The number of methoxy groups -OCH3 is 1. The summed E-state index contributed by atoms with van der Waals surface area (Å²) in [6.07, 6.45) is 2.51. The molecular formula is C12H16N4O5. The van der Waals surface area contributed by atoms with Gasteiger partial charge in [0, 0.05) is 6.54 Å². The zero-order chi connectivity index (χ0) is 15.6. The second-order valence-corrected chi connectivity index (χ2v) is 4.76. The Kier molecular flexibility index (Phi) is 3.92. The lowest BCUT2D eigenvalue weighted by molar-refractivity contribution is -0.385. The standard InChI is InChI=1S/C12H16N4O5/c1-3-12(11(17)18)5-4-6-15(12)9-8(16(19)20)10(21-2)14-7-13-9/h7H,3-6H2,1-2H3,(H,17,18). The van der Waals surface area contributed by atoms with Crippen LogP contribution in [-0.4, -0.2) is 45.2 Å². The summed E-state index contributed by atoms with van der Waals surface area (Å²) in [5.41, 5.74) is -1.58. The molecule has 0 saturated carbocycles. The highest BCUT2D eigenvalue weighted by molar-refractivity contribution is 5.85. The molecule has 0 radical (unpaired) electrons. The number of nitro groups is 1. The van der Waals surface area contributed by atoms with Crippen molar-refractivity contribution in [1.82, 2.24) is 9.97 Å². The van der Waals surface area contributed by atoms with Gasteiger partial charge in [-0.25, -0.2) is 9.78 Å². The molecule has 1 saturated heterocycles. The number of carboxylic acids is 1. The number of nitrogens with zero attached hydrogens (tertiary/aromatic N) is 4. The molecule has 1 aliphatic rings. The van der Waals surface area contributed by atoms with Crippen LogP contribution in [0.4, 0.5) is 11.5 Å². The van der Waals surface area contributed by atoms with Crippen molar-refractivity contribution in [2.45, 2.75) is 31.7 Å². The van der Waals surface area contributed by atoms with Crippen LogP contribution >= 0.6 is 0 Å². The lowest BCUT2D eigenvalue weighted by Crippen LogP contribution is -2.50. The number of carbonyl (C=O) groups is 1. The smallest absolute Gasteiger partial charge is 0.372 e. The van der Waals surface area contributed by atoms with Crippen LogP contribution in [0.15, 0.2) is 6.33 Å². The molecule has 21 heavy (non-hydrogen) atoms. The second kappa shape index (κ2) is 5.51. The molecular weight excluding hydrogens is 280 g/mol. The monoisotopic (exact) mass is 296 g/mol. The lowest BCUT2D eigenvalue weighted by Gasteiger charge is -2.34. The first-order valence-corrected chi connectivity index (χ1v) is 6.52. The number of ether oxygens (including phenoxy) is 1. The number of anilines is 1. The van der Waals surface area contributed by atoms with E-state index < -0.39 is 22.1 Å². The molecule has 9 heteroatoms. The number of aliphatic carboxylic acids is 1. The van der Waals surface area contributed by atoms with Gasteiger partial charge in [-0.1, -0.05) is 6.92 Å². The number of hydrogen-bond acceptors (Lipinski definition) is 7. The highest BCUT2D eigenvalue weighted by Gasteiger charge is 2.49. The van der Waals surface area contributed by atoms with Crippen LogP contribution in [0.5, 0.6) is 5.88 Å².